The van der Waals surface area contributed by atoms with E-state index in [0.29, 0.717) is 6.04 Å². The van der Waals surface area contributed by atoms with E-state index in [0.717, 1.165) is 37.5 Å². The molecule has 78 valence electrons. The van der Waals surface area contributed by atoms with Crippen molar-refractivity contribution in [2.24, 2.45) is 0 Å². The zero-order chi connectivity index (χ0) is 9.80. The molecule has 0 amide bonds. The third kappa shape index (κ3) is 2.12. The van der Waals surface area contributed by atoms with Crippen molar-refractivity contribution in [1.82, 2.24) is 15.5 Å². The number of aryl methyl sites for hydroxylation is 1. The van der Waals surface area contributed by atoms with E-state index in [2.05, 4.69) is 22.4 Å². The first-order chi connectivity index (χ1) is 6.90. The monoisotopic (exact) mass is 195 g/mol. The molecule has 0 spiro atoms. The summed E-state index contributed by atoms with van der Waals surface area (Å²) in [5, 5.41) is 7.35. The highest BCUT2D eigenvalue weighted by Crippen LogP contribution is 2.21. The van der Waals surface area contributed by atoms with Crippen molar-refractivity contribution in [2.75, 3.05) is 6.54 Å². The number of piperidine rings is 1. The summed E-state index contributed by atoms with van der Waals surface area (Å²) in [5.74, 6) is 1.61. The SMILES string of the molecule is CCCc1noc([C@@H]2CCCCN2)n1. The third-order valence-electron chi connectivity index (χ3n) is 2.57. The first-order valence-corrected chi connectivity index (χ1v) is 5.46. The molecule has 1 atom stereocenters. The second-order valence-electron chi connectivity index (χ2n) is 3.80. The summed E-state index contributed by atoms with van der Waals surface area (Å²) in [7, 11) is 0. The Hall–Kier alpha value is -0.900. The Morgan fingerprint density at radius 3 is 3.14 bits per heavy atom. The molecule has 4 heteroatoms. The lowest BCUT2D eigenvalue weighted by molar-refractivity contribution is 0.296. The molecule has 0 unspecified atom stereocenters. The minimum absolute atomic E-state index is 0.293. The Labute approximate surface area is 84.1 Å². The largest absolute Gasteiger partial charge is 0.338 e. The van der Waals surface area contributed by atoms with E-state index in [-0.39, 0.29) is 0 Å². The van der Waals surface area contributed by atoms with E-state index in [1.54, 1.807) is 0 Å². The molecule has 2 heterocycles. The van der Waals surface area contributed by atoms with E-state index in [4.69, 9.17) is 4.52 Å². The van der Waals surface area contributed by atoms with Crippen LogP contribution in [-0.2, 0) is 6.42 Å². The van der Waals surface area contributed by atoms with Gasteiger partial charge in [0.2, 0.25) is 5.89 Å². The molecule has 0 aromatic carbocycles. The van der Waals surface area contributed by atoms with Crippen LogP contribution in [0, 0.1) is 0 Å². The van der Waals surface area contributed by atoms with Crippen LogP contribution in [0.3, 0.4) is 0 Å². The smallest absolute Gasteiger partial charge is 0.243 e. The van der Waals surface area contributed by atoms with Crippen molar-refractivity contribution in [3.63, 3.8) is 0 Å². The fraction of sp³-hybridized carbons (Fsp3) is 0.800. The van der Waals surface area contributed by atoms with Crippen molar-refractivity contribution >= 4 is 0 Å². The molecule has 14 heavy (non-hydrogen) atoms. The fourth-order valence-electron chi connectivity index (χ4n) is 1.80. The molecule has 0 aliphatic carbocycles. The van der Waals surface area contributed by atoms with Gasteiger partial charge in [0.1, 0.15) is 0 Å². The number of nitrogens with one attached hydrogen (secondary N) is 1. The summed E-state index contributed by atoms with van der Waals surface area (Å²) < 4.78 is 5.23. The van der Waals surface area contributed by atoms with Gasteiger partial charge in [0.15, 0.2) is 5.82 Å². The predicted octanol–water partition coefficient (Wildman–Crippen LogP) is 1.84. The van der Waals surface area contributed by atoms with Gasteiger partial charge in [0.25, 0.3) is 0 Å². The van der Waals surface area contributed by atoms with Gasteiger partial charge in [0, 0.05) is 6.42 Å². The van der Waals surface area contributed by atoms with E-state index < -0.39 is 0 Å². The Morgan fingerprint density at radius 1 is 1.50 bits per heavy atom. The Bertz CT molecular complexity index is 279. The maximum Gasteiger partial charge on any atom is 0.243 e. The van der Waals surface area contributed by atoms with Gasteiger partial charge in [-0.05, 0) is 25.8 Å². The van der Waals surface area contributed by atoms with Gasteiger partial charge < -0.3 is 9.84 Å². The molecule has 0 saturated carbocycles. The quantitative estimate of drug-likeness (QED) is 0.799. The van der Waals surface area contributed by atoms with E-state index in [9.17, 15) is 0 Å². The lowest BCUT2D eigenvalue weighted by Crippen LogP contribution is -2.26. The highest BCUT2D eigenvalue weighted by molar-refractivity contribution is 4.94. The molecule has 2 rings (SSSR count). The number of nitrogens with zero attached hydrogens (tertiary/aromatic N) is 2. The minimum Gasteiger partial charge on any atom is -0.338 e. The van der Waals surface area contributed by atoms with Crippen molar-refractivity contribution in [3.05, 3.63) is 11.7 Å². The van der Waals surface area contributed by atoms with Crippen LogP contribution in [0.4, 0.5) is 0 Å². The van der Waals surface area contributed by atoms with Gasteiger partial charge in [-0.25, -0.2) is 0 Å². The van der Waals surface area contributed by atoms with E-state index in [1.165, 1.54) is 12.8 Å². The average Bonchev–Trinajstić information content (AvgIpc) is 2.68. The Morgan fingerprint density at radius 2 is 2.43 bits per heavy atom. The molecule has 0 radical (unpaired) electrons. The van der Waals surface area contributed by atoms with Crippen LogP contribution >= 0.6 is 0 Å². The first kappa shape index (κ1) is 9.65. The molecule has 1 aliphatic rings. The fourth-order valence-corrected chi connectivity index (χ4v) is 1.80. The summed E-state index contributed by atoms with van der Waals surface area (Å²) in [4.78, 5) is 4.38. The standard InChI is InChI=1S/C10H17N3O/c1-2-5-9-12-10(14-13-9)8-6-3-4-7-11-8/h8,11H,2-7H2,1H3/t8-/m0/s1. The summed E-state index contributed by atoms with van der Waals surface area (Å²) in [6, 6.07) is 0.293. The van der Waals surface area contributed by atoms with Gasteiger partial charge in [-0.3, -0.25) is 0 Å². The molecule has 1 fully saturated rings. The minimum atomic E-state index is 0.293. The molecular weight excluding hydrogens is 178 g/mol. The molecule has 1 aliphatic heterocycles. The highest BCUT2D eigenvalue weighted by Gasteiger charge is 2.20. The summed E-state index contributed by atoms with van der Waals surface area (Å²) in [6.45, 7) is 3.19. The molecule has 1 aromatic heterocycles. The van der Waals surface area contributed by atoms with Gasteiger partial charge in [-0.15, -0.1) is 0 Å². The van der Waals surface area contributed by atoms with Gasteiger partial charge in [-0.1, -0.05) is 18.5 Å². The number of hydrogen-bond donors (Lipinski definition) is 1. The normalized spacial score (nSPS) is 22.5. The molecule has 4 nitrogen and oxygen atoms in total. The van der Waals surface area contributed by atoms with Crippen LogP contribution in [-0.4, -0.2) is 16.7 Å². The zero-order valence-corrected chi connectivity index (χ0v) is 8.62. The zero-order valence-electron chi connectivity index (χ0n) is 8.62. The molecule has 1 N–H and O–H groups in total. The molecule has 1 saturated heterocycles. The van der Waals surface area contributed by atoms with Crippen molar-refractivity contribution < 1.29 is 4.52 Å². The molecule has 0 bridgehead atoms. The molecule has 1 aromatic rings. The first-order valence-electron chi connectivity index (χ1n) is 5.46. The third-order valence-corrected chi connectivity index (χ3v) is 2.57. The van der Waals surface area contributed by atoms with Crippen molar-refractivity contribution in [3.8, 4) is 0 Å². The van der Waals surface area contributed by atoms with Crippen LogP contribution in [0.5, 0.6) is 0 Å². The summed E-state index contributed by atoms with van der Waals surface area (Å²) in [5.41, 5.74) is 0. The summed E-state index contributed by atoms with van der Waals surface area (Å²) in [6.07, 6.45) is 5.61. The van der Waals surface area contributed by atoms with Crippen LogP contribution < -0.4 is 5.32 Å². The lowest BCUT2D eigenvalue weighted by Gasteiger charge is -2.19. The number of rotatable bonds is 3. The number of hydrogen-bond acceptors (Lipinski definition) is 4. The van der Waals surface area contributed by atoms with Gasteiger partial charge >= 0.3 is 0 Å². The van der Waals surface area contributed by atoms with Crippen LogP contribution in [0.15, 0.2) is 4.52 Å². The second kappa shape index (κ2) is 4.55. The predicted molar refractivity (Wildman–Crippen MR) is 52.9 cm³/mol. The maximum atomic E-state index is 5.23. The average molecular weight is 195 g/mol. The Balaban J connectivity index is 2.00. The molecular formula is C10H17N3O. The van der Waals surface area contributed by atoms with Crippen molar-refractivity contribution in [1.29, 1.82) is 0 Å². The topological polar surface area (TPSA) is 51.0 Å². The van der Waals surface area contributed by atoms with Gasteiger partial charge in [-0.2, -0.15) is 4.98 Å². The second-order valence-corrected chi connectivity index (χ2v) is 3.80. The lowest BCUT2D eigenvalue weighted by atomic mass is 10.1. The van der Waals surface area contributed by atoms with E-state index in [1.807, 2.05) is 0 Å². The Kier molecular flexibility index (Phi) is 3.14. The van der Waals surface area contributed by atoms with Crippen LogP contribution in [0.25, 0.3) is 0 Å². The number of aromatic nitrogens is 2. The van der Waals surface area contributed by atoms with Crippen molar-refractivity contribution in [2.45, 2.75) is 45.1 Å². The summed E-state index contributed by atoms with van der Waals surface area (Å²) >= 11 is 0. The van der Waals surface area contributed by atoms with Gasteiger partial charge in [0.05, 0.1) is 6.04 Å². The highest BCUT2D eigenvalue weighted by atomic mass is 16.5. The van der Waals surface area contributed by atoms with E-state index >= 15 is 0 Å². The van der Waals surface area contributed by atoms with Crippen LogP contribution in [0.1, 0.15) is 50.4 Å². The van der Waals surface area contributed by atoms with Crippen LogP contribution in [0.2, 0.25) is 0 Å². The maximum absolute atomic E-state index is 5.23.